The first kappa shape index (κ1) is 31.2. The van der Waals surface area contributed by atoms with Crippen LogP contribution in [0.2, 0.25) is 0 Å². The van der Waals surface area contributed by atoms with Crippen LogP contribution in [0.3, 0.4) is 0 Å². The maximum atomic E-state index is 12.1. The lowest BCUT2D eigenvalue weighted by Gasteiger charge is -2.08. The summed E-state index contributed by atoms with van der Waals surface area (Å²) in [4.78, 5) is 37.6. The lowest BCUT2D eigenvalue weighted by molar-refractivity contribution is 0.0592. The van der Waals surface area contributed by atoms with Crippen molar-refractivity contribution >= 4 is 34.9 Å². The van der Waals surface area contributed by atoms with Crippen LogP contribution >= 0.6 is 0 Å². The summed E-state index contributed by atoms with van der Waals surface area (Å²) in [6.45, 7) is 7.01. The Kier molecular flexibility index (Phi) is 8.43. The van der Waals surface area contributed by atoms with E-state index in [0.717, 1.165) is 0 Å². The highest BCUT2D eigenvalue weighted by Crippen LogP contribution is 2.31. The highest BCUT2D eigenvalue weighted by molar-refractivity contribution is 5.94. The SMILES string of the molecule is COC(=O)c1cnn(C)c1N=Nc1c(C)nn(-c2nc(OC)nc(-n3nc(C)c(N=Nc4c(C(=O)OC)cnn4C)c3C)n2)c1C. The predicted molar refractivity (Wildman–Crippen MR) is 157 cm³/mol. The van der Waals surface area contributed by atoms with Crippen molar-refractivity contribution in [2.75, 3.05) is 21.3 Å². The molecule has 5 heterocycles. The number of aryl methyl sites for hydroxylation is 4. The number of carbonyl (C=O) groups excluding carboxylic acids is 2. The molecule has 0 unspecified atom stereocenters. The van der Waals surface area contributed by atoms with Gasteiger partial charge in [0.2, 0.25) is 0 Å². The van der Waals surface area contributed by atoms with Gasteiger partial charge in [-0.05, 0) is 27.7 Å². The Morgan fingerprint density at radius 3 is 1.43 bits per heavy atom. The first-order valence-electron chi connectivity index (χ1n) is 13.5. The van der Waals surface area contributed by atoms with Gasteiger partial charge in [0.25, 0.3) is 11.9 Å². The van der Waals surface area contributed by atoms with Gasteiger partial charge in [0.15, 0.2) is 11.6 Å². The van der Waals surface area contributed by atoms with Gasteiger partial charge in [-0.15, -0.1) is 20.5 Å². The topological polar surface area (TPSA) is 221 Å². The summed E-state index contributed by atoms with van der Waals surface area (Å²) in [5.41, 5.74) is 3.29. The third-order valence-electron chi connectivity index (χ3n) is 6.77. The molecule has 238 valence electrons. The second-order valence-corrected chi connectivity index (χ2v) is 9.68. The average molecular weight is 632 g/mol. The Balaban J connectivity index is 1.53. The number of aromatic nitrogens is 11. The minimum Gasteiger partial charge on any atom is -0.467 e. The summed E-state index contributed by atoms with van der Waals surface area (Å²) in [7, 11) is 7.23. The number of methoxy groups -OCH3 is 3. The zero-order valence-electron chi connectivity index (χ0n) is 26.4. The van der Waals surface area contributed by atoms with E-state index in [1.807, 2.05) is 0 Å². The minimum atomic E-state index is -0.590. The number of carbonyl (C=O) groups is 2. The van der Waals surface area contributed by atoms with Crippen LogP contribution in [-0.4, -0.2) is 87.3 Å². The minimum absolute atomic E-state index is 0.00154. The molecule has 20 nitrogen and oxygen atoms in total. The molecule has 0 aliphatic rings. The predicted octanol–water partition coefficient (Wildman–Crippen LogP) is 3.36. The van der Waals surface area contributed by atoms with E-state index in [1.165, 1.54) is 52.5 Å². The van der Waals surface area contributed by atoms with Gasteiger partial charge in [0.1, 0.15) is 22.5 Å². The molecule has 0 radical (unpaired) electrons. The molecule has 0 saturated carbocycles. The number of rotatable bonds is 9. The van der Waals surface area contributed by atoms with E-state index in [2.05, 4.69) is 55.8 Å². The third-order valence-corrected chi connectivity index (χ3v) is 6.77. The van der Waals surface area contributed by atoms with Crippen molar-refractivity contribution in [1.82, 2.24) is 54.1 Å². The van der Waals surface area contributed by atoms with Gasteiger partial charge in [0.05, 0.1) is 56.5 Å². The van der Waals surface area contributed by atoms with Crippen molar-refractivity contribution in [2.24, 2.45) is 34.6 Å². The summed E-state index contributed by atoms with van der Waals surface area (Å²) < 4.78 is 20.7. The van der Waals surface area contributed by atoms with Crippen molar-refractivity contribution < 1.29 is 23.8 Å². The van der Waals surface area contributed by atoms with E-state index >= 15 is 0 Å². The van der Waals surface area contributed by atoms with Gasteiger partial charge in [-0.2, -0.15) is 35.3 Å². The molecule has 0 N–H and O–H groups in total. The van der Waals surface area contributed by atoms with E-state index in [4.69, 9.17) is 14.2 Å². The van der Waals surface area contributed by atoms with E-state index in [9.17, 15) is 9.59 Å². The Morgan fingerprint density at radius 2 is 1.07 bits per heavy atom. The largest absolute Gasteiger partial charge is 0.467 e. The smallest absolute Gasteiger partial charge is 0.343 e. The molecule has 0 aliphatic heterocycles. The number of esters is 2. The number of hydrogen-bond donors (Lipinski definition) is 0. The number of azo groups is 2. The van der Waals surface area contributed by atoms with Crippen molar-refractivity contribution in [2.45, 2.75) is 27.7 Å². The fraction of sp³-hybridized carbons (Fsp3) is 0.346. The molecular formula is C26H29N15O5. The molecule has 20 heteroatoms. The summed E-state index contributed by atoms with van der Waals surface area (Å²) in [6, 6.07) is 0.00154. The lowest BCUT2D eigenvalue weighted by atomic mass is 10.3. The third kappa shape index (κ3) is 5.57. The van der Waals surface area contributed by atoms with E-state index in [0.29, 0.717) is 34.2 Å². The first-order chi connectivity index (χ1) is 22.0. The van der Waals surface area contributed by atoms with Crippen molar-refractivity contribution in [3.8, 4) is 17.9 Å². The molecule has 46 heavy (non-hydrogen) atoms. The van der Waals surface area contributed by atoms with Gasteiger partial charge >= 0.3 is 17.9 Å². The molecule has 5 rings (SSSR count). The van der Waals surface area contributed by atoms with Gasteiger partial charge in [-0.1, -0.05) is 0 Å². The van der Waals surface area contributed by atoms with Crippen LogP contribution in [0.15, 0.2) is 32.9 Å². The van der Waals surface area contributed by atoms with Crippen molar-refractivity contribution in [3.63, 3.8) is 0 Å². The van der Waals surface area contributed by atoms with Crippen molar-refractivity contribution in [3.05, 3.63) is 46.3 Å². The van der Waals surface area contributed by atoms with Crippen LogP contribution in [0, 0.1) is 27.7 Å². The molecule has 0 bridgehead atoms. The quantitative estimate of drug-likeness (QED) is 0.169. The monoisotopic (exact) mass is 631 g/mol. The number of hydrogen-bond acceptors (Lipinski definition) is 16. The van der Waals surface area contributed by atoms with Gasteiger partial charge in [-0.3, -0.25) is 0 Å². The van der Waals surface area contributed by atoms with Crippen molar-refractivity contribution in [1.29, 1.82) is 0 Å². The Bertz CT molecular complexity index is 1890. The molecule has 0 aromatic carbocycles. The van der Waals surface area contributed by atoms with Crippen LogP contribution in [0.5, 0.6) is 6.01 Å². The standard InChI is InChI=1S/C26H29N15O5/c1-12-18(32-34-20-16(22(42)44-7)10-27-38(20)5)14(3)40(36-12)24-29-25(31-26(30-24)46-9)41-15(4)19(13(2)37-41)33-35-21-17(23(43)45-8)11-28-39(21)6/h10-11H,1-9H3. The van der Waals surface area contributed by atoms with Crippen LogP contribution in [0.4, 0.5) is 23.0 Å². The molecule has 0 fully saturated rings. The summed E-state index contributed by atoms with van der Waals surface area (Å²) in [5, 5.41) is 34.4. The summed E-state index contributed by atoms with van der Waals surface area (Å²) >= 11 is 0. The molecule has 5 aromatic heterocycles. The van der Waals surface area contributed by atoms with Crippen LogP contribution in [-0.2, 0) is 23.6 Å². The molecule has 0 atom stereocenters. The van der Waals surface area contributed by atoms with E-state index in [1.54, 1.807) is 41.8 Å². The second-order valence-electron chi connectivity index (χ2n) is 9.68. The molecular weight excluding hydrogens is 602 g/mol. The summed E-state index contributed by atoms with van der Waals surface area (Å²) in [6.07, 6.45) is 2.71. The normalized spacial score (nSPS) is 11.6. The molecule has 0 aliphatic carbocycles. The Labute approximate surface area is 260 Å². The highest BCUT2D eigenvalue weighted by Gasteiger charge is 2.22. The summed E-state index contributed by atoms with van der Waals surface area (Å²) in [5.74, 6) is -0.517. The van der Waals surface area contributed by atoms with Crippen LogP contribution < -0.4 is 4.74 Å². The van der Waals surface area contributed by atoms with Crippen LogP contribution in [0.25, 0.3) is 11.9 Å². The zero-order chi connectivity index (χ0) is 33.3. The van der Waals surface area contributed by atoms with Gasteiger partial charge in [-0.25, -0.2) is 28.3 Å². The highest BCUT2D eigenvalue weighted by atomic mass is 16.5. The second kappa shape index (κ2) is 12.4. The maximum absolute atomic E-state index is 12.1. The van der Waals surface area contributed by atoms with Gasteiger partial charge < -0.3 is 14.2 Å². The number of ether oxygens (including phenoxy) is 3. The molecule has 0 amide bonds. The lowest BCUT2D eigenvalue weighted by Crippen LogP contribution is -2.13. The number of nitrogens with zero attached hydrogens (tertiary/aromatic N) is 15. The Hall–Kier alpha value is -6.21. The van der Waals surface area contributed by atoms with Crippen LogP contribution in [0.1, 0.15) is 43.5 Å². The van der Waals surface area contributed by atoms with Gasteiger partial charge in [0, 0.05) is 14.1 Å². The fourth-order valence-electron chi connectivity index (χ4n) is 4.37. The fourth-order valence-corrected chi connectivity index (χ4v) is 4.37. The molecule has 0 spiro atoms. The average Bonchev–Trinajstić information content (AvgIpc) is 3.77. The maximum Gasteiger partial charge on any atom is 0.343 e. The zero-order valence-corrected chi connectivity index (χ0v) is 26.4. The van der Waals surface area contributed by atoms with E-state index < -0.39 is 11.9 Å². The molecule has 5 aromatic rings. The molecule has 0 saturated heterocycles. The van der Waals surface area contributed by atoms with E-state index in [-0.39, 0.29) is 40.7 Å². The first-order valence-corrected chi connectivity index (χ1v) is 13.5. The Morgan fingerprint density at radius 1 is 0.652 bits per heavy atom.